The van der Waals surface area contributed by atoms with Crippen molar-refractivity contribution in [2.24, 2.45) is 5.73 Å². The Morgan fingerprint density at radius 2 is 2.29 bits per heavy atom. The average molecular weight is 195 g/mol. The lowest BCUT2D eigenvalue weighted by Gasteiger charge is -2.10. The minimum atomic E-state index is -0.412. The Morgan fingerprint density at radius 1 is 1.57 bits per heavy atom. The molecule has 2 nitrogen and oxygen atoms in total. The van der Waals surface area contributed by atoms with Crippen LogP contribution in [0.5, 0.6) is 0 Å². The van der Waals surface area contributed by atoms with Crippen molar-refractivity contribution < 1.29 is 9.50 Å². The van der Waals surface area contributed by atoms with Crippen LogP contribution in [0.2, 0.25) is 0 Å². The molecule has 1 atom stereocenters. The molecule has 0 bridgehead atoms. The van der Waals surface area contributed by atoms with E-state index in [-0.39, 0.29) is 12.6 Å². The fourth-order valence-electron chi connectivity index (χ4n) is 1.24. The quantitative estimate of drug-likeness (QED) is 0.721. The largest absolute Gasteiger partial charge is 0.392 e. The van der Waals surface area contributed by atoms with E-state index < -0.39 is 5.82 Å². The first kappa shape index (κ1) is 10.9. The maximum absolute atomic E-state index is 13.2. The van der Waals surface area contributed by atoms with Gasteiger partial charge in [-0.1, -0.05) is 18.2 Å². The lowest BCUT2D eigenvalue weighted by Crippen LogP contribution is -2.09. The number of hydrogen-bond acceptors (Lipinski definition) is 2. The Morgan fingerprint density at radius 3 is 2.79 bits per heavy atom. The summed E-state index contributed by atoms with van der Waals surface area (Å²) in [5, 5.41) is 8.76. The summed E-state index contributed by atoms with van der Waals surface area (Å²) in [6.45, 7) is 3.28. The van der Waals surface area contributed by atoms with Crippen LogP contribution >= 0.6 is 0 Å². The van der Waals surface area contributed by atoms with E-state index in [1.807, 2.05) is 0 Å². The first-order chi connectivity index (χ1) is 6.69. The molecule has 0 fully saturated rings. The van der Waals surface area contributed by atoms with Gasteiger partial charge in [-0.15, -0.1) is 6.58 Å². The van der Waals surface area contributed by atoms with E-state index in [1.165, 1.54) is 6.07 Å². The van der Waals surface area contributed by atoms with E-state index in [2.05, 4.69) is 6.58 Å². The van der Waals surface area contributed by atoms with Gasteiger partial charge in [0.2, 0.25) is 0 Å². The second-order valence-corrected chi connectivity index (χ2v) is 3.14. The Balaban J connectivity index is 2.90. The third-order valence-electron chi connectivity index (χ3n) is 2.10. The highest BCUT2D eigenvalue weighted by molar-refractivity contribution is 5.26. The first-order valence-electron chi connectivity index (χ1n) is 4.44. The third-order valence-corrected chi connectivity index (χ3v) is 2.10. The summed E-state index contributed by atoms with van der Waals surface area (Å²) in [4.78, 5) is 0. The van der Waals surface area contributed by atoms with Crippen LogP contribution in [0.15, 0.2) is 30.9 Å². The molecule has 14 heavy (non-hydrogen) atoms. The first-order valence-corrected chi connectivity index (χ1v) is 4.44. The summed E-state index contributed by atoms with van der Waals surface area (Å²) in [6, 6.07) is 4.41. The van der Waals surface area contributed by atoms with Gasteiger partial charge in [0.05, 0.1) is 6.61 Å². The van der Waals surface area contributed by atoms with Gasteiger partial charge in [-0.2, -0.15) is 0 Å². The lowest BCUT2D eigenvalue weighted by atomic mass is 10.0. The highest BCUT2D eigenvalue weighted by Gasteiger charge is 2.07. The van der Waals surface area contributed by atoms with Gasteiger partial charge in [-0.25, -0.2) is 4.39 Å². The number of aliphatic hydroxyl groups is 1. The van der Waals surface area contributed by atoms with E-state index in [0.29, 0.717) is 12.0 Å². The van der Waals surface area contributed by atoms with E-state index in [1.54, 1.807) is 18.2 Å². The molecule has 0 saturated heterocycles. The van der Waals surface area contributed by atoms with Crippen LogP contribution in [0.25, 0.3) is 0 Å². The van der Waals surface area contributed by atoms with Gasteiger partial charge in [0.15, 0.2) is 0 Å². The second kappa shape index (κ2) is 4.88. The van der Waals surface area contributed by atoms with Crippen LogP contribution in [0.4, 0.5) is 4.39 Å². The zero-order valence-corrected chi connectivity index (χ0v) is 7.91. The fourth-order valence-corrected chi connectivity index (χ4v) is 1.24. The number of benzene rings is 1. The van der Waals surface area contributed by atoms with Crippen molar-refractivity contribution in [1.29, 1.82) is 0 Å². The summed E-state index contributed by atoms with van der Waals surface area (Å²) in [5.41, 5.74) is 6.78. The maximum atomic E-state index is 13.2. The van der Waals surface area contributed by atoms with Crippen molar-refractivity contribution in [3.63, 3.8) is 0 Å². The molecule has 0 spiro atoms. The van der Waals surface area contributed by atoms with Gasteiger partial charge < -0.3 is 10.8 Å². The van der Waals surface area contributed by atoms with Crippen molar-refractivity contribution >= 4 is 0 Å². The number of hydrogen-bond donors (Lipinski definition) is 2. The summed E-state index contributed by atoms with van der Waals surface area (Å²) in [5.74, 6) is -0.412. The standard InChI is InChI=1S/C11H14FNO/c1-2-3-11(13)8-4-5-9(7-14)10(12)6-8/h2,4-6,11,14H,1,3,7,13H2. The van der Waals surface area contributed by atoms with Crippen molar-refractivity contribution in [1.82, 2.24) is 0 Å². The van der Waals surface area contributed by atoms with Gasteiger partial charge >= 0.3 is 0 Å². The minimum Gasteiger partial charge on any atom is -0.392 e. The van der Waals surface area contributed by atoms with E-state index >= 15 is 0 Å². The Bertz CT molecular complexity index is 325. The zero-order valence-electron chi connectivity index (χ0n) is 7.91. The molecule has 3 N–H and O–H groups in total. The normalized spacial score (nSPS) is 12.5. The van der Waals surface area contributed by atoms with Gasteiger partial charge in [-0.05, 0) is 18.1 Å². The third kappa shape index (κ3) is 2.40. The summed E-state index contributed by atoms with van der Waals surface area (Å²) >= 11 is 0. The molecule has 1 unspecified atom stereocenters. The molecule has 0 aliphatic carbocycles. The Hall–Kier alpha value is -1.19. The van der Waals surface area contributed by atoms with Crippen LogP contribution in [0.3, 0.4) is 0 Å². The topological polar surface area (TPSA) is 46.2 Å². The summed E-state index contributed by atoms with van der Waals surface area (Å²) in [7, 11) is 0. The van der Waals surface area contributed by atoms with E-state index in [0.717, 1.165) is 5.56 Å². The maximum Gasteiger partial charge on any atom is 0.129 e. The van der Waals surface area contributed by atoms with Crippen molar-refractivity contribution in [3.05, 3.63) is 47.8 Å². The smallest absolute Gasteiger partial charge is 0.129 e. The molecule has 1 aromatic rings. The fraction of sp³-hybridized carbons (Fsp3) is 0.273. The van der Waals surface area contributed by atoms with Crippen molar-refractivity contribution in [2.75, 3.05) is 0 Å². The van der Waals surface area contributed by atoms with Gasteiger partial charge in [0.1, 0.15) is 5.82 Å². The van der Waals surface area contributed by atoms with Crippen molar-refractivity contribution in [2.45, 2.75) is 19.1 Å². The average Bonchev–Trinajstić information content (AvgIpc) is 2.18. The van der Waals surface area contributed by atoms with E-state index in [4.69, 9.17) is 10.8 Å². The Labute approximate surface area is 82.9 Å². The van der Waals surface area contributed by atoms with E-state index in [9.17, 15) is 4.39 Å². The molecule has 0 amide bonds. The summed E-state index contributed by atoms with van der Waals surface area (Å²) in [6.07, 6.45) is 2.31. The monoisotopic (exact) mass is 195 g/mol. The molecule has 0 heterocycles. The molecule has 3 heteroatoms. The highest BCUT2D eigenvalue weighted by atomic mass is 19.1. The molecule has 1 rings (SSSR count). The molecular weight excluding hydrogens is 181 g/mol. The predicted molar refractivity (Wildman–Crippen MR) is 54.1 cm³/mol. The SMILES string of the molecule is C=CCC(N)c1ccc(CO)c(F)c1. The Kier molecular flexibility index (Phi) is 3.80. The van der Waals surface area contributed by atoms with Crippen LogP contribution in [0, 0.1) is 5.82 Å². The van der Waals surface area contributed by atoms with Crippen LogP contribution in [-0.4, -0.2) is 5.11 Å². The molecule has 0 aliphatic rings. The van der Waals surface area contributed by atoms with Crippen LogP contribution in [0.1, 0.15) is 23.6 Å². The minimum absolute atomic E-state index is 0.227. The molecule has 0 aliphatic heterocycles. The molecule has 76 valence electrons. The highest BCUT2D eigenvalue weighted by Crippen LogP contribution is 2.17. The molecule has 0 saturated carbocycles. The van der Waals surface area contributed by atoms with Gasteiger partial charge in [0, 0.05) is 11.6 Å². The number of aliphatic hydroxyl groups excluding tert-OH is 1. The van der Waals surface area contributed by atoms with Crippen LogP contribution in [-0.2, 0) is 6.61 Å². The van der Waals surface area contributed by atoms with Crippen molar-refractivity contribution in [3.8, 4) is 0 Å². The molecular formula is C11H14FNO. The second-order valence-electron chi connectivity index (χ2n) is 3.14. The zero-order chi connectivity index (χ0) is 10.6. The number of nitrogens with two attached hydrogens (primary N) is 1. The van der Waals surface area contributed by atoms with Gasteiger partial charge in [0.25, 0.3) is 0 Å². The molecule has 1 aromatic carbocycles. The van der Waals surface area contributed by atoms with Crippen LogP contribution < -0.4 is 5.73 Å². The summed E-state index contributed by atoms with van der Waals surface area (Å²) < 4.78 is 13.2. The lowest BCUT2D eigenvalue weighted by molar-refractivity contribution is 0.275. The number of rotatable bonds is 4. The molecule has 0 aromatic heterocycles. The van der Waals surface area contributed by atoms with Gasteiger partial charge in [-0.3, -0.25) is 0 Å². The predicted octanol–water partition coefficient (Wildman–Crippen LogP) is 1.89. The molecule has 0 radical (unpaired) electrons. The number of halogens is 1.